The van der Waals surface area contributed by atoms with Gasteiger partial charge in [0.15, 0.2) is 11.8 Å². The predicted molar refractivity (Wildman–Crippen MR) is 116 cm³/mol. The number of nitrogens with zero attached hydrogens (tertiary/aromatic N) is 4. The number of aromatic nitrogens is 2. The topological polar surface area (TPSA) is 66.5 Å². The van der Waals surface area contributed by atoms with Gasteiger partial charge in [-0.15, -0.1) is 24.0 Å². The lowest BCUT2D eigenvalue weighted by molar-refractivity contribution is 0.368. The first-order chi connectivity index (χ1) is 12.0. The highest BCUT2D eigenvalue weighted by molar-refractivity contribution is 14.0. The highest BCUT2D eigenvalue weighted by Gasteiger charge is 2.10. The van der Waals surface area contributed by atoms with Crippen molar-refractivity contribution < 1.29 is 4.52 Å². The summed E-state index contributed by atoms with van der Waals surface area (Å²) in [5.74, 6) is 2.59. The van der Waals surface area contributed by atoms with E-state index in [9.17, 15) is 0 Å². The zero-order valence-electron chi connectivity index (χ0n) is 15.7. The van der Waals surface area contributed by atoms with Crippen LogP contribution in [-0.4, -0.2) is 41.6 Å². The summed E-state index contributed by atoms with van der Waals surface area (Å²) in [5, 5.41) is 8.09. The van der Waals surface area contributed by atoms with Gasteiger partial charge in [0.25, 0.3) is 0 Å². The summed E-state index contributed by atoms with van der Waals surface area (Å²) >= 11 is 5.92. The molecule has 0 spiro atoms. The number of nitrogens with one attached hydrogen (secondary N) is 1. The van der Waals surface area contributed by atoms with Crippen LogP contribution in [0.2, 0.25) is 5.02 Å². The van der Waals surface area contributed by atoms with E-state index in [0.717, 1.165) is 42.7 Å². The Bertz CT molecular complexity index is 687. The molecule has 8 heteroatoms. The Hall–Kier alpha value is -1.35. The van der Waals surface area contributed by atoms with Crippen LogP contribution in [0.5, 0.6) is 0 Å². The minimum absolute atomic E-state index is 0. The molecule has 2 aromatic rings. The van der Waals surface area contributed by atoms with Crippen molar-refractivity contribution in [2.24, 2.45) is 4.99 Å². The lowest BCUT2D eigenvalue weighted by atomic mass is 10.2. The second kappa shape index (κ2) is 11.4. The van der Waals surface area contributed by atoms with Crippen molar-refractivity contribution in [3.05, 3.63) is 46.6 Å². The third kappa shape index (κ3) is 7.11. The molecule has 144 valence electrons. The number of aryl methyl sites for hydroxylation is 1. The molecule has 0 unspecified atom stereocenters. The van der Waals surface area contributed by atoms with E-state index >= 15 is 0 Å². The molecule has 0 radical (unpaired) electrons. The molecule has 6 nitrogen and oxygen atoms in total. The summed E-state index contributed by atoms with van der Waals surface area (Å²) in [6.45, 7) is 5.66. The SMILES string of the molecule is CN=C(NCCCc1nc(C(C)C)no1)N(C)Cc1ccc(Cl)cc1.I. The van der Waals surface area contributed by atoms with Crippen LogP contribution in [0.3, 0.4) is 0 Å². The van der Waals surface area contributed by atoms with Crippen LogP contribution in [0.25, 0.3) is 0 Å². The summed E-state index contributed by atoms with van der Waals surface area (Å²) in [4.78, 5) is 10.8. The Morgan fingerprint density at radius 1 is 1.31 bits per heavy atom. The summed E-state index contributed by atoms with van der Waals surface area (Å²) < 4.78 is 5.26. The van der Waals surface area contributed by atoms with E-state index in [1.807, 2.05) is 31.3 Å². The quantitative estimate of drug-likeness (QED) is 0.273. The van der Waals surface area contributed by atoms with Crippen molar-refractivity contribution in [2.75, 3.05) is 20.6 Å². The number of benzene rings is 1. The fraction of sp³-hybridized carbons (Fsp3) is 0.500. The van der Waals surface area contributed by atoms with Crippen molar-refractivity contribution in [1.82, 2.24) is 20.4 Å². The van der Waals surface area contributed by atoms with Gasteiger partial charge in [0, 0.05) is 44.5 Å². The van der Waals surface area contributed by atoms with Crippen LogP contribution in [0.15, 0.2) is 33.8 Å². The van der Waals surface area contributed by atoms with Crippen LogP contribution in [0.4, 0.5) is 0 Å². The lowest BCUT2D eigenvalue weighted by Crippen LogP contribution is -2.39. The van der Waals surface area contributed by atoms with E-state index in [1.165, 1.54) is 5.56 Å². The molecule has 1 aromatic carbocycles. The standard InChI is InChI=1S/C18H26ClN5O.HI/c1-13(2)17-22-16(25-23-17)6-5-11-21-18(20-3)24(4)12-14-7-9-15(19)10-8-14;/h7-10,13H,5-6,11-12H2,1-4H3,(H,20,21);1H. The van der Waals surface area contributed by atoms with Gasteiger partial charge in [-0.05, 0) is 24.1 Å². The fourth-order valence-corrected chi connectivity index (χ4v) is 2.49. The lowest BCUT2D eigenvalue weighted by Gasteiger charge is -2.22. The number of rotatable bonds is 7. The third-order valence-corrected chi connectivity index (χ3v) is 4.01. The maximum Gasteiger partial charge on any atom is 0.226 e. The molecule has 26 heavy (non-hydrogen) atoms. The largest absolute Gasteiger partial charge is 0.356 e. The van der Waals surface area contributed by atoms with Crippen molar-refractivity contribution in [1.29, 1.82) is 0 Å². The first kappa shape index (κ1) is 22.7. The second-order valence-electron chi connectivity index (χ2n) is 6.26. The normalized spacial score (nSPS) is 11.4. The van der Waals surface area contributed by atoms with Gasteiger partial charge in [0.2, 0.25) is 5.89 Å². The third-order valence-electron chi connectivity index (χ3n) is 3.76. The van der Waals surface area contributed by atoms with Crippen molar-refractivity contribution in [3.8, 4) is 0 Å². The second-order valence-corrected chi connectivity index (χ2v) is 6.70. The van der Waals surface area contributed by atoms with Gasteiger partial charge in [-0.25, -0.2) is 0 Å². The molecule has 0 aliphatic heterocycles. The molecule has 0 aliphatic carbocycles. The van der Waals surface area contributed by atoms with Crippen molar-refractivity contribution in [3.63, 3.8) is 0 Å². The Kier molecular flexibility index (Phi) is 9.93. The minimum atomic E-state index is 0. The smallest absolute Gasteiger partial charge is 0.226 e. The molecule has 1 aromatic heterocycles. The highest BCUT2D eigenvalue weighted by atomic mass is 127. The summed E-state index contributed by atoms with van der Waals surface area (Å²) in [7, 11) is 3.80. The molecular formula is C18H27ClIN5O. The molecule has 0 amide bonds. The van der Waals surface area contributed by atoms with Crippen molar-refractivity contribution >= 4 is 41.5 Å². The van der Waals surface area contributed by atoms with E-state index < -0.39 is 0 Å². The van der Waals surface area contributed by atoms with E-state index in [2.05, 4.69) is 39.2 Å². The Labute approximate surface area is 177 Å². The first-order valence-electron chi connectivity index (χ1n) is 8.48. The summed E-state index contributed by atoms with van der Waals surface area (Å²) in [5.41, 5.74) is 1.18. The van der Waals surface area contributed by atoms with Gasteiger partial charge in [0.05, 0.1) is 0 Å². The number of hydrogen-bond donors (Lipinski definition) is 1. The van der Waals surface area contributed by atoms with Gasteiger partial charge < -0.3 is 14.7 Å². The van der Waals surface area contributed by atoms with Gasteiger partial charge in [0.1, 0.15) is 0 Å². The van der Waals surface area contributed by atoms with E-state index in [4.69, 9.17) is 16.1 Å². The minimum Gasteiger partial charge on any atom is -0.356 e. The molecule has 0 aliphatic rings. The Morgan fingerprint density at radius 2 is 2.00 bits per heavy atom. The van der Waals surface area contributed by atoms with Crippen LogP contribution in [-0.2, 0) is 13.0 Å². The number of guanidine groups is 1. The Balaban J connectivity index is 0.00000338. The zero-order chi connectivity index (χ0) is 18.2. The highest BCUT2D eigenvalue weighted by Crippen LogP contribution is 2.12. The van der Waals surface area contributed by atoms with Crippen LogP contribution in [0.1, 0.15) is 43.5 Å². The Morgan fingerprint density at radius 3 is 2.58 bits per heavy atom. The number of aliphatic imine (C=N–C) groups is 1. The molecule has 2 rings (SSSR count). The van der Waals surface area contributed by atoms with E-state index in [-0.39, 0.29) is 29.9 Å². The molecule has 0 atom stereocenters. The monoisotopic (exact) mass is 491 g/mol. The van der Waals surface area contributed by atoms with Crippen molar-refractivity contribution in [2.45, 2.75) is 39.2 Å². The average molecular weight is 492 g/mol. The van der Waals surface area contributed by atoms with Gasteiger partial charge in [-0.2, -0.15) is 4.98 Å². The van der Waals surface area contributed by atoms with Gasteiger partial charge in [-0.1, -0.05) is 42.7 Å². The number of halogens is 2. The fourth-order valence-electron chi connectivity index (χ4n) is 2.37. The number of hydrogen-bond acceptors (Lipinski definition) is 4. The molecule has 0 bridgehead atoms. The maximum atomic E-state index is 5.92. The molecule has 1 N–H and O–H groups in total. The van der Waals surface area contributed by atoms with Gasteiger partial charge in [-0.3, -0.25) is 4.99 Å². The van der Waals surface area contributed by atoms with Crippen LogP contribution >= 0.6 is 35.6 Å². The molecule has 0 fully saturated rings. The molecule has 1 heterocycles. The summed E-state index contributed by atoms with van der Waals surface area (Å²) in [6.07, 6.45) is 1.65. The molecule has 0 saturated heterocycles. The first-order valence-corrected chi connectivity index (χ1v) is 8.86. The maximum absolute atomic E-state index is 5.92. The summed E-state index contributed by atoms with van der Waals surface area (Å²) in [6, 6.07) is 7.84. The molecule has 0 saturated carbocycles. The van der Waals surface area contributed by atoms with Crippen LogP contribution in [0, 0.1) is 0 Å². The van der Waals surface area contributed by atoms with Crippen LogP contribution < -0.4 is 5.32 Å². The van der Waals surface area contributed by atoms with E-state index in [1.54, 1.807) is 7.05 Å². The predicted octanol–water partition coefficient (Wildman–Crippen LogP) is 4.10. The molecular weight excluding hydrogens is 465 g/mol. The average Bonchev–Trinajstić information content (AvgIpc) is 3.06. The zero-order valence-corrected chi connectivity index (χ0v) is 18.8. The van der Waals surface area contributed by atoms with Gasteiger partial charge >= 0.3 is 0 Å². The van der Waals surface area contributed by atoms with E-state index in [0.29, 0.717) is 5.89 Å².